The highest BCUT2D eigenvalue weighted by molar-refractivity contribution is 5.82. The van der Waals surface area contributed by atoms with Crippen molar-refractivity contribution in [3.05, 3.63) is 0 Å². The van der Waals surface area contributed by atoms with Crippen LogP contribution in [-0.4, -0.2) is 49.3 Å². The van der Waals surface area contributed by atoms with Gasteiger partial charge >= 0.3 is 6.43 Å². The van der Waals surface area contributed by atoms with Crippen LogP contribution in [0.4, 0.5) is 8.78 Å². The maximum atomic E-state index is 12.2. The molecule has 1 heterocycles. The molecule has 0 aromatic heterocycles. The summed E-state index contributed by atoms with van der Waals surface area (Å²) >= 11 is 0. The summed E-state index contributed by atoms with van der Waals surface area (Å²) in [5.41, 5.74) is 5.24. The molecule has 1 aliphatic heterocycles. The summed E-state index contributed by atoms with van der Waals surface area (Å²) < 4.78 is 24.5. The molecule has 0 spiro atoms. The molecule has 0 aliphatic carbocycles. The third-order valence-corrected chi connectivity index (χ3v) is 2.73. The van der Waals surface area contributed by atoms with Crippen LogP contribution in [0.15, 0.2) is 0 Å². The SMILES string of the molecule is NCCNC(=O)C1CCCN(C(=O)C(F)F)C1. The summed E-state index contributed by atoms with van der Waals surface area (Å²) in [6, 6.07) is 0. The van der Waals surface area contributed by atoms with E-state index in [1.807, 2.05) is 0 Å². The summed E-state index contributed by atoms with van der Waals surface area (Å²) in [5, 5.41) is 2.60. The van der Waals surface area contributed by atoms with Gasteiger partial charge in [-0.3, -0.25) is 9.59 Å². The fourth-order valence-electron chi connectivity index (χ4n) is 1.87. The summed E-state index contributed by atoms with van der Waals surface area (Å²) in [4.78, 5) is 23.8. The van der Waals surface area contributed by atoms with Gasteiger partial charge in [0.2, 0.25) is 5.91 Å². The zero-order chi connectivity index (χ0) is 12.8. The van der Waals surface area contributed by atoms with Crippen molar-refractivity contribution in [3.8, 4) is 0 Å². The monoisotopic (exact) mass is 249 g/mol. The molecule has 0 aromatic rings. The summed E-state index contributed by atoms with van der Waals surface area (Å²) in [6.45, 7) is 1.06. The van der Waals surface area contributed by atoms with Gasteiger partial charge in [-0.1, -0.05) is 0 Å². The molecule has 1 fully saturated rings. The molecule has 17 heavy (non-hydrogen) atoms. The molecule has 0 bridgehead atoms. The molecule has 1 unspecified atom stereocenters. The molecule has 7 heteroatoms. The third-order valence-electron chi connectivity index (χ3n) is 2.73. The van der Waals surface area contributed by atoms with Gasteiger partial charge in [-0.05, 0) is 12.8 Å². The van der Waals surface area contributed by atoms with Crippen molar-refractivity contribution in [1.82, 2.24) is 10.2 Å². The lowest BCUT2D eigenvalue weighted by Crippen LogP contribution is -2.47. The fourth-order valence-corrected chi connectivity index (χ4v) is 1.87. The van der Waals surface area contributed by atoms with Gasteiger partial charge in [0.15, 0.2) is 0 Å². The number of carbonyl (C=O) groups excluding carboxylic acids is 2. The minimum atomic E-state index is -3.00. The lowest BCUT2D eigenvalue weighted by atomic mass is 9.97. The van der Waals surface area contributed by atoms with E-state index in [1.54, 1.807) is 0 Å². The van der Waals surface area contributed by atoms with Gasteiger partial charge in [0.05, 0.1) is 5.92 Å². The second-order valence-corrected chi connectivity index (χ2v) is 4.00. The van der Waals surface area contributed by atoms with Gasteiger partial charge in [0, 0.05) is 26.2 Å². The Morgan fingerprint density at radius 1 is 1.47 bits per heavy atom. The minimum absolute atomic E-state index is 0.0690. The molecular weight excluding hydrogens is 232 g/mol. The number of hydrogen-bond donors (Lipinski definition) is 2. The molecule has 0 aromatic carbocycles. The number of amides is 2. The van der Waals surface area contributed by atoms with Gasteiger partial charge in [-0.2, -0.15) is 8.78 Å². The zero-order valence-electron chi connectivity index (χ0n) is 9.49. The second-order valence-electron chi connectivity index (χ2n) is 4.00. The number of likely N-dealkylation sites (tertiary alicyclic amines) is 1. The van der Waals surface area contributed by atoms with Crippen LogP contribution < -0.4 is 11.1 Å². The van der Waals surface area contributed by atoms with E-state index in [2.05, 4.69) is 5.32 Å². The van der Waals surface area contributed by atoms with Crippen molar-refractivity contribution in [2.24, 2.45) is 11.7 Å². The number of nitrogens with zero attached hydrogens (tertiary/aromatic N) is 1. The summed E-state index contributed by atoms with van der Waals surface area (Å²) in [5.74, 6) is -1.82. The Morgan fingerprint density at radius 3 is 2.76 bits per heavy atom. The smallest absolute Gasteiger partial charge is 0.315 e. The minimum Gasteiger partial charge on any atom is -0.355 e. The van der Waals surface area contributed by atoms with Gasteiger partial charge in [-0.25, -0.2) is 0 Å². The third kappa shape index (κ3) is 3.92. The molecule has 5 nitrogen and oxygen atoms in total. The molecule has 0 radical (unpaired) electrons. The summed E-state index contributed by atoms with van der Waals surface area (Å²) in [6.07, 6.45) is -1.82. The maximum Gasteiger partial charge on any atom is 0.315 e. The molecule has 2 amide bonds. The average molecular weight is 249 g/mol. The van der Waals surface area contributed by atoms with Crippen molar-refractivity contribution >= 4 is 11.8 Å². The number of carbonyl (C=O) groups is 2. The molecule has 98 valence electrons. The zero-order valence-corrected chi connectivity index (χ0v) is 9.49. The van der Waals surface area contributed by atoms with Crippen LogP contribution in [-0.2, 0) is 9.59 Å². The van der Waals surface area contributed by atoms with Crippen LogP contribution in [0, 0.1) is 5.92 Å². The number of nitrogens with two attached hydrogens (primary N) is 1. The van der Waals surface area contributed by atoms with Crippen LogP contribution in [0.25, 0.3) is 0 Å². The van der Waals surface area contributed by atoms with E-state index in [-0.39, 0.29) is 12.5 Å². The van der Waals surface area contributed by atoms with E-state index in [9.17, 15) is 18.4 Å². The van der Waals surface area contributed by atoms with Crippen LogP contribution in [0.2, 0.25) is 0 Å². The van der Waals surface area contributed by atoms with Gasteiger partial charge < -0.3 is 16.0 Å². The lowest BCUT2D eigenvalue weighted by molar-refractivity contribution is -0.145. The van der Waals surface area contributed by atoms with Crippen molar-refractivity contribution in [2.45, 2.75) is 19.3 Å². The molecule has 1 rings (SSSR count). The van der Waals surface area contributed by atoms with E-state index in [1.165, 1.54) is 0 Å². The molecule has 3 N–H and O–H groups in total. The average Bonchev–Trinajstić information content (AvgIpc) is 2.35. The van der Waals surface area contributed by atoms with E-state index >= 15 is 0 Å². The van der Waals surface area contributed by atoms with E-state index in [0.717, 1.165) is 4.90 Å². The quantitative estimate of drug-likeness (QED) is 0.709. The highest BCUT2D eigenvalue weighted by atomic mass is 19.3. The number of halogens is 2. The van der Waals surface area contributed by atoms with Crippen LogP contribution >= 0.6 is 0 Å². The van der Waals surface area contributed by atoms with Crippen molar-refractivity contribution in [3.63, 3.8) is 0 Å². The maximum absolute atomic E-state index is 12.2. The highest BCUT2D eigenvalue weighted by Gasteiger charge is 2.31. The Kier molecular flexibility index (Phi) is 5.27. The first kappa shape index (κ1) is 13.8. The van der Waals surface area contributed by atoms with Gasteiger partial charge in [0.1, 0.15) is 0 Å². The van der Waals surface area contributed by atoms with Crippen molar-refractivity contribution in [1.29, 1.82) is 0 Å². The standard InChI is InChI=1S/C10H17F2N3O2/c11-8(12)10(17)15-5-1-2-7(6-15)9(16)14-4-3-13/h7-8H,1-6,13H2,(H,14,16). The van der Waals surface area contributed by atoms with Gasteiger partial charge in [0.25, 0.3) is 5.91 Å². The molecule has 1 atom stereocenters. The van der Waals surface area contributed by atoms with Gasteiger partial charge in [-0.15, -0.1) is 0 Å². The second kappa shape index (κ2) is 6.48. The van der Waals surface area contributed by atoms with Crippen LogP contribution in [0.1, 0.15) is 12.8 Å². The Balaban J connectivity index is 2.48. The lowest BCUT2D eigenvalue weighted by Gasteiger charge is -2.31. The number of rotatable bonds is 4. The molecule has 1 aliphatic rings. The Hall–Kier alpha value is -1.24. The molecule has 0 saturated carbocycles. The highest BCUT2D eigenvalue weighted by Crippen LogP contribution is 2.18. The Bertz CT molecular complexity index is 287. The Morgan fingerprint density at radius 2 is 2.18 bits per heavy atom. The number of hydrogen-bond acceptors (Lipinski definition) is 3. The first-order valence-electron chi connectivity index (χ1n) is 5.61. The topological polar surface area (TPSA) is 75.4 Å². The van der Waals surface area contributed by atoms with E-state index in [0.29, 0.717) is 32.5 Å². The predicted molar refractivity (Wildman–Crippen MR) is 57.4 cm³/mol. The fraction of sp³-hybridized carbons (Fsp3) is 0.800. The molecule has 1 saturated heterocycles. The first-order valence-corrected chi connectivity index (χ1v) is 5.61. The summed E-state index contributed by atoms with van der Waals surface area (Å²) in [7, 11) is 0. The number of alkyl halides is 2. The largest absolute Gasteiger partial charge is 0.355 e. The van der Waals surface area contributed by atoms with Crippen LogP contribution in [0.3, 0.4) is 0 Å². The normalized spacial score (nSPS) is 20.5. The molecular formula is C10H17F2N3O2. The van der Waals surface area contributed by atoms with E-state index < -0.39 is 18.3 Å². The number of nitrogens with one attached hydrogen (secondary N) is 1. The van der Waals surface area contributed by atoms with Crippen LogP contribution in [0.5, 0.6) is 0 Å². The Labute approximate surface area is 98.3 Å². The van der Waals surface area contributed by atoms with Crippen molar-refractivity contribution in [2.75, 3.05) is 26.2 Å². The van der Waals surface area contributed by atoms with Crippen molar-refractivity contribution < 1.29 is 18.4 Å². The first-order chi connectivity index (χ1) is 8.06. The predicted octanol–water partition coefficient (Wildman–Crippen LogP) is -0.435. The van der Waals surface area contributed by atoms with E-state index in [4.69, 9.17) is 5.73 Å². The number of piperidine rings is 1.